The first kappa shape index (κ1) is 21.7. The van der Waals surface area contributed by atoms with Crippen LogP contribution in [0, 0.1) is 0 Å². The molecule has 4 aromatic rings. The van der Waals surface area contributed by atoms with Gasteiger partial charge in [-0.15, -0.1) is 0 Å². The molecule has 0 atom stereocenters. The van der Waals surface area contributed by atoms with Crippen molar-refractivity contribution in [2.24, 2.45) is 0 Å². The Morgan fingerprint density at radius 3 is 1.88 bits per heavy atom. The molecule has 32 heavy (non-hydrogen) atoms. The molecule has 0 spiro atoms. The van der Waals surface area contributed by atoms with E-state index in [4.69, 9.17) is 14.5 Å². The number of anilines is 1. The zero-order valence-corrected chi connectivity index (χ0v) is 19.1. The number of hydrogen-bond donors (Lipinski definition) is 1. The van der Waals surface area contributed by atoms with Crippen LogP contribution in [-0.4, -0.2) is 51.3 Å². The van der Waals surface area contributed by atoms with Crippen molar-refractivity contribution in [3.8, 4) is 33.9 Å². The topological polar surface area (TPSA) is 46.6 Å². The average Bonchev–Trinajstić information content (AvgIpc) is 2.83. The summed E-state index contributed by atoms with van der Waals surface area (Å²) < 4.78 is 10.7. The quantitative estimate of drug-likeness (QED) is 0.399. The van der Waals surface area contributed by atoms with Gasteiger partial charge in [-0.3, -0.25) is 0 Å². The third kappa shape index (κ3) is 4.53. The molecule has 0 amide bonds. The highest BCUT2D eigenvalue weighted by molar-refractivity contribution is 6.07. The molecule has 5 nitrogen and oxygen atoms in total. The second kappa shape index (κ2) is 9.71. The monoisotopic (exact) mass is 427 g/mol. The van der Waals surface area contributed by atoms with Crippen molar-refractivity contribution in [1.82, 2.24) is 9.88 Å². The van der Waals surface area contributed by atoms with E-state index in [2.05, 4.69) is 72.8 Å². The van der Waals surface area contributed by atoms with Crippen LogP contribution in [0.2, 0.25) is 0 Å². The highest BCUT2D eigenvalue weighted by Gasteiger charge is 2.17. The number of likely N-dealkylation sites (N-methyl/N-ethyl adjacent to an activating group) is 1. The molecular formula is C27H29N3O2. The van der Waals surface area contributed by atoms with Crippen molar-refractivity contribution in [2.45, 2.75) is 0 Å². The minimum absolute atomic E-state index is 0.813. The van der Waals surface area contributed by atoms with Crippen molar-refractivity contribution in [1.29, 1.82) is 0 Å². The van der Waals surface area contributed by atoms with Crippen LogP contribution in [0.1, 0.15) is 0 Å². The Hall–Kier alpha value is -3.57. The van der Waals surface area contributed by atoms with Crippen LogP contribution in [0.3, 0.4) is 0 Å². The second-order valence-corrected chi connectivity index (χ2v) is 7.92. The molecule has 0 unspecified atom stereocenters. The standard InChI is InChI=1S/C27H29N3O2/c1-30(2)18-17-28-27-24-8-6-5-7-23(24)25(19-9-13-21(31-3)14-10-19)26(29-27)20-11-15-22(32-4)16-12-20/h5-16H,17-18H2,1-4H3,(H,28,29). The molecule has 1 N–H and O–H groups in total. The van der Waals surface area contributed by atoms with Gasteiger partial charge in [0, 0.05) is 29.6 Å². The smallest absolute Gasteiger partial charge is 0.134 e. The second-order valence-electron chi connectivity index (χ2n) is 7.92. The Balaban J connectivity index is 1.93. The van der Waals surface area contributed by atoms with E-state index in [1.165, 1.54) is 0 Å². The zero-order valence-electron chi connectivity index (χ0n) is 19.1. The summed E-state index contributed by atoms with van der Waals surface area (Å²) in [5.74, 6) is 2.55. The van der Waals surface area contributed by atoms with Gasteiger partial charge in [0.2, 0.25) is 0 Å². The lowest BCUT2D eigenvalue weighted by Gasteiger charge is -2.18. The number of benzene rings is 3. The number of hydrogen-bond acceptors (Lipinski definition) is 5. The van der Waals surface area contributed by atoms with E-state index in [9.17, 15) is 0 Å². The molecule has 0 bridgehead atoms. The molecule has 0 radical (unpaired) electrons. The van der Waals surface area contributed by atoms with Crippen LogP contribution in [0.15, 0.2) is 72.8 Å². The molecule has 3 aromatic carbocycles. The first-order chi connectivity index (χ1) is 15.6. The number of fused-ring (bicyclic) bond motifs is 1. The Bertz CT molecular complexity index is 1190. The van der Waals surface area contributed by atoms with Crippen molar-refractivity contribution in [3.63, 3.8) is 0 Å². The molecule has 0 fully saturated rings. The third-order valence-electron chi connectivity index (χ3n) is 5.51. The van der Waals surface area contributed by atoms with Crippen LogP contribution < -0.4 is 14.8 Å². The maximum Gasteiger partial charge on any atom is 0.134 e. The van der Waals surface area contributed by atoms with E-state index in [-0.39, 0.29) is 0 Å². The Labute approximate surface area is 189 Å². The number of nitrogens with one attached hydrogen (secondary N) is 1. The minimum atomic E-state index is 0.813. The van der Waals surface area contributed by atoms with Gasteiger partial charge in [0.25, 0.3) is 0 Å². The summed E-state index contributed by atoms with van der Waals surface area (Å²) in [5.41, 5.74) is 4.17. The fourth-order valence-electron chi connectivity index (χ4n) is 3.80. The molecule has 1 aromatic heterocycles. The number of pyridine rings is 1. The summed E-state index contributed by atoms with van der Waals surface area (Å²) in [6.45, 7) is 1.74. The van der Waals surface area contributed by atoms with Crippen LogP contribution in [0.5, 0.6) is 11.5 Å². The van der Waals surface area contributed by atoms with Crippen molar-refractivity contribution in [2.75, 3.05) is 46.7 Å². The summed E-state index contributed by atoms with van der Waals surface area (Å²) in [4.78, 5) is 7.30. The summed E-state index contributed by atoms with van der Waals surface area (Å²) >= 11 is 0. The highest BCUT2D eigenvalue weighted by Crippen LogP contribution is 2.40. The van der Waals surface area contributed by atoms with Crippen LogP contribution in [-0.2, 0) is 0 Å². The van der Waals surface area contributed by atoms with Crippen LogP contribution in [0.4, 0.5) is 5.82 Å². The van der Waals surface area contributed by atoms with Gasteiger partial charge in [0.15, 0.2) is 0 Å². The Morgan fingerprint density at radius 1 is 0.750 bits per heavy atom. The number of aromatic nitrogens is 1. The number of nitrogens with zero attached hydrogens (tertiary/aromatic N) is 2. The lowest BCUT2D eigenvalue weighted by atomic mass is 9.93. The lowest BCUT2D eigenvalue weighted by molar-refractivity contribution is 0.414. The van der Waals surface area contributed by atoms with Gasteiger partial charge < -0.3 is 19.7 Å². The molecule has 0 aliphatic carbocycles. The van der Waals surface area contributed by atoms with E-state index < -0.39 is 0 Å². The largest absolute Gasteiger partial charge is 0.497 e. The van der Waals surface area contributed by atoms with Gasteiger partial charge in [0.05, 0.1) is 19.9 Å². The van der Waals surface area contributed by atoms with Crippen LogP contribution >= 0.6 is 0 Å². The first-order valence-electron chi connectivity index (χ1n) is 10.7. The predicted octanol–water partition coefficient (Wildman–Crippen LogP) is 5.56. The average molecular weight is 428 g/mol. The van der Waals surface area contributed by atoms with E-state index in [0.717, 1.165) is 63.6 Å². The normalized spacial score (nSPS) is 11.0. The predicted molar refractivity (Wildman–Crippen MR) is 133 cm³/mol. The minimum Gasteiger partial charge on any atom is -0.497 e. The third-order valence-corrected chi connectivity index (χ3v) is 5.51. The summed E-state index contributed by atoms with van der Waals surface area (Å²) in [5, 5.41) is 5.82. The van der Waals surface area contributed by atoms with Gasteiger partial charge in [0.1, 0.15) is 17.3 Å². The number of methoxy groups -OCH3 is 2. The fourth-order valence-corrected chi connectivity index (χ4v) is 3.80. The van der Waals surface area contributed by atoms with Gasteiger partial charge in [-0.25, -0.2) is 4.98 Å². The molecule has 0 saturated heterocycles. The molecule has 1 heterocycles. The molecule has 0 saturated carbocycles. The maximum absolute atomic E-state index is 5.37. The van der Waals surface area contributed by atoms with Crippen LogP contribution in [0.25, 0.3) is 33.2 Å². The molecule has 5 heteroatoms. The van der Waals surface area contributed by atoms with Crippen molar-refractivity contribution < 1.29 is 9.47 Å². The molecule has 164 valence electrons. The summed E-state index contributed by atoms with van der Waals surface area (Å²) in [6, 6.07) is 24.7. The van der Waals surface area contributed by atoms with E-state index in [1.54, 1.807) is 14.2 Å². The maximum atomic E-state index is 5.37. The highest BCUT2D eigenvalue weighted by atomic mass is 16.5. The zero-order chi connectivity index (χ0) is 22.5. The van der Waals surface area contributed by atoms with Gasteiger partial charge in [-0.05, 0) is 61.4 Å². The number of rotatable bonds is 8. The van der Waals surface area contributed by atoms with Gasteiger partial charge in [-0.1, -0.05) is 36.4 Å². The lowest BCUT2D eigenvalue weighted by Crippen LogP contribution is -2.21. The Morgan fingerprint density at radius 2 is 1.31 bits per heavy atom. The van der Waals surface area contributed by atoms with E-state index in [0.29, 0.717) is 0 Å². The van der Waals surface area contributed by atoms with Crippen molar-refractivity contribution >= 4 is 16.6 Å². The summed E-state index contributed by atoms with van der Waals surface area (Å²) in [6.07, 6.45) is 0. The molecule has 0 aliphatic rings. The number of ether oxygens (including phenoxy) is 2. The summed E-state index contributed by atoms with van der Waals surface area (Å²) in [7, 11) is 7.51. The Kier molecular flexibility index (Phi) is 6.57. The van der Waals surface area contributed by atoms with E-state index in [1.807, 2.05) is 24.3 Å². The van der Waals surface area contributed by atoms with E-state index >= 15 is 0 Å². The molecule has 0 aliphatic heterocycles. The molecule has 4 rings (SSSR count). The van der Waals surface area contributed by atoms with Gasteiger partial charge in [-0.2, -0.15) is 0 Å². The molecular weight excluding hydrogens is 398 g/mol. The van der Waals surface area contributed by atoms with Gasteiger partial charge >= 0.3 is 0 Å². The SMILES string of the molecule is COc1ccc(-c2nc(NCCN(C)C)c3ccccc3c2-c2ccc(OC)cc2)cc1. The first-order valence-corrected chi connectivity index (χ1v) is 10.7. The van der Waals surface area contributed by atoms with Crippen molar-refractivity contribution in [3.05, 3.63) is 72.8 Å². The fraction of sp³-hybridized carbons (Fsp3) is 0.222.